The lowest BCUT2D eigenvalue weighted by Gasteiger charge is -2.71. The van der Waals surface area contributed by atoms with Crippen LogP contribution in [0.2, 0.25) is 0 Å². The highest BCUT2D eigenvalue weighted by atomic mass is 16.8. The minimum absolute atomic E-state index is 0.00576. The van der Waals surface area contributed by atoms with Crippen LogP contribution in [0, 0.1) is 50.2 Å². The van der Waals surface area contributed by atoms with Gasteiger partial charge in [-0.25, -0.2) is 4.79 Å². The smallest absolute Gasteiger partial charge is 0.335 e. The fourth-order valence-corrected chi connectivity index (χ4v) is 14.8. The molecule has 64 heavy (non-hydrogen) atoms. The second kappa shape index (κ2) is 16.7. The van der Waals surface area contributed by atoms with Crippen LogP contribution in [0.4, 0.5) is 0 Å². The van der Waals surface area contributed by atoms with E-state index in [9.17, 15) is 55.5 Å². The van der Waals surface area contributed by atoms with Crippen molar-refractivity contribution in [3.05, 3.63) is 11.6 Å². The Kier molecular flexibility index (Phi) is 12.7. The van der Waals surface area contributed by atoms with Crippen LogP contribution >= 0.6 is 0 Å². The predicted molar refractivity (Wildman–Crippen MR) is 224 cm³/mol. The van der Waals surface area contributed by atoms with E-state index in [1.807, 2.05) is 0 Å². The topological polar surface area (TPSA) is 272 Å². The summed E-state index contributed by atoms with van der Waals surface area (Å²) in [5.74, 6) is -1.81. The van der Waals surface area contributed by atoms with Crippen molar-refractivity contribution in [3.8, 4) is 0 Å². The predicted octanol–water partition coefficient (Wildman–Crippen LogP) is 2.47. The standard InChI is InChI=1S/C47H74O17/c1-21-28(49)30(51)32(53)39(60-21)62-34-33(54)35(63-38-31(52)29(50)24(48)20-59-38)40(64-36(34)37(55)56)61-27-12-13-44(6)25(43(27,4)5)11-14-46(8)26(44)10-9-22-23-19-42(2,3)15-17-47(23,41(57)58)18-16-45(22,46)7/h9,21,23-36,38-40,48-54H,10-20H2,1-8H3,(H,55,56)(H,57,58)/t21-,23-,24-,25-,26+,27-,28-,29-,30+,31+,32+,33-,34-,35+,36-,38-,39-,40+,44-,45+,46+,47-/m0/s1. The van der Waals surface area contributed by atoms with Crippen molar-refractivity contribution in [2.75, 3.05) is 6.61 Å². The average Bonchev–Trinajstić information content (AvgIpc) is 3.21. The van der Waals surface area contributed by atoms with Gasteiger partial charge in [0.15, 0.2) is 25.0 Å². The van der Waals surface area contributed by atoms with Gasteiger partial charge in [0.2, 0.25) is 0 Å². The summed E-state index contributed by atoms with van der Waals surface area (Å²) in [5, 5.41) is 96.4. The maximum Gasteiger partial charge on any atom is 0.335 e. The second-order valence-electron chi connectivity index (χ2n) is 23.0. The highest BCUT2D eigenvalue weighted by molar-refractivity contribution is 5.76. The molecule has 9 N–H and O–H groups in total. The van der Waals surface area contributed by atoms with Gasteiger partial charge in [0.25, 0.3) is 0 Å². The SMILES string of the molecule is C[C@@H]1O[C@@H](O[C@H]2[C@H](O)[C@@H](O[C@@H]3OC[C@H](O)[C@H](O)[C@H]3O)[C@H](O[C@H]3CC[C@]4(C)[C@H]5CC=C6[C@@H]7CC(C)(C)CC[C@]7(C(=O)O)CC[C@@]6(C)[C@]5(C)CC[C@H]4C3(C)C)O[C@@H]2C(=O)O)[C@H](O)[C@H](O)[C@H]1O. The van der Waals surface area contributed by atoms with Crippen LogP contribution in [-0.2, 0) is 38.0 Å². The zero-order valence-electron chi connectivity index (χ0n) is 38.5. The maximum atomic E-state index is 13.1. The summed E-state index contributed by atoms with van der Waals surface area (Å²) in [6.45, 7) is 17.1. The van der Waals surface area contributed by atoms with E-state index in [0.717, 1.165) is 44.9 Å². The molecule has 17 nitrogen and oxygen atoms in total. The number of ether oxygens (including phenoxy) is 6. The number of rotatable bonds is 8. The first-order chi connectivity index (χ1) is 29.7. The van der Waals surface area contributed by atoms with Crippen molar-refractivity contribution < 1.29 is 84.0 Å². The number of allylic oxidation sites excluding steroid dienone is 2. The molecule has 8 aliphatic rings. The van der Waals surface area contributed by atoms with Gasteiger partial charge in [-0.15, -0.1) is 0 Å². The lowest BCUT2D eigenvalue weighted by Crippen LogP contribution is -2.68. The third-order valence-corrected chi connectivity index (χ3v) is 18.9. The summed E-state index contributed by atoms with van der Waals surface area (Å²) in [4.78, 5) is 26.1. The number of aliphatic carboxylic acids is 2. The number of carboxylic acids is 2. The number of aliphatic hydroxyl groups is 7. The van der Waals surface area contributed by atoms with Gasteiger partial charge >= 0.3 is 11.9 Å². The van der Waals surface area contributed by atoms with Crippen molar-refractivity contribution in [1.82, 2.24) is 0 Å². The zero-order valence-corrected chi connectivity index (χ0v) is 38.5. The molecule has 0 aromatic rings. The Hall–Kier alpha value is -1.84. The highest BCUT2D eigenvalue weighted by Crippen LogP contribution is 2.76. The van der Waals surface area contributed by atoms with E-state index >= 15 is 0 Å². The summed E-state index contributed by atoms with van der Waals surface area (Å²) in [6.07, 6.45) is -13.5. The van der Waals surface area contributed by atoms with Gasteiger partial charge in [0, 0.05) is 0 Å². The third-order valence-electron chi connectivity index (χ3n) is 18.9. The van der Waals surface area contributed by atoms with E-state index in [1.54, 1.807) is 0 Å². The molecule has 0 aromatic heterocycles. The quantitative estimate of drug-likeness (QED) is 0.125. The Morgan fingerprint density at radius 1 is 0.672 bits per heavy atom. The Labute approximate surface area is 375 Å². The van der Waals surface area contributed by atoms with E-state index in [4.69, 9.17) is 28.4 Å². The number of hydrogen-bond acceptors (Lipinski definition) is 15. The van der Waals surface area contributed by atoms with E-state index in [2.05, 4.69) is 54.5 Å². The van der Waals surface area contributed by atoms with Gasteiger partial charge in [-0.3, -0.25) is 4.79 Å². The minimum Gasteiger partial charge on any atom is -0.481 e. The number of carboxylic acid groups (broad SMARTS) is 2. The average molecular weight is 911 g/mol. The van der Waals surface area contributed by atoms with E-state index in [-0.39, 0.29) is 39.4 Å². The molecule has 0 bridgehead atoms. The molecule has 0 unspecified atom stereocenters. The summed E-state index contributed by atoms with van der Waals surface area (Å²) in [7, 11) is 0. The summed E-state index contributed by atoms with van der Waals surface area (Å²) < 4.78 is 36.1. The lowest BCUT2D eigenvalue weighted by molar-refractivity contribution is -0.385. The minimum atomic E-state index is -1.93. The Morgan fingerprint density at radius 3 is 2.00 bits per heavy atom. The van der Waals surface area contributed by atoms with E-state index in [1.165, 1.54) is 12.5 Å². The van der Waals surface area contributed by atoms with Gasteiger partial charge in [0.1, 0.15) is 54.9 Å². The van der Waals surface area contributed by atoms with Crippen molar-refractivity contribution in [2.24, 2.45) is 50.2 Å². The molecule has 0 radical (unpaired) electrons. The molecule has 4 saturated carbocycles. The number of fused-ring (bicyclic) bond motifs is 7. The van der Waals surface area contributed by atoms with Crippen LogP contribution in [0.5, 0.6) is 0 Å². The number of hydrogen-bond donors (Lipinski definition) is 9. The third kappa shape index (κ3) is 7.45. The van der Waals surface area contributed by atoms with Gasteiger partial charge in [-0.2, -0.15) is 0 Å². The van der Waals surface area contributed by atoms with Crippen LogP contribution < -0.4 is 0 Å². The molecule has 3 heterocycles. The van der Waals surface area contributed by atoms with Crippen molar-refractivity contribution in [3.63, 3.8) is 0 Å². The fraction of sp³-hybridized carbons (Fsp3) is 0.915. The maximum absolute atomic E-state index is 13.1. The molecular weight excluding hydrogens is 836 g/mol. The molecule has 17 heteroatoms. The van der Waals surface area contributed by atoms with Crippen molar-refractivity contribution in [1.29, 1.82) is 0 Å². The summed E-state index contributed by atoms with van der Waals surface area (Å²) in [6, 6.07) is 0. The van der Waals surface area contributed by atoms with Gasteiger partial charge in [-0.05, 0) is 116 Å². The molecule has 0 aromatic carbocycles. The molecule has 364 valence electrons. The van der Waals surface area contributed by atoms with Crippen molar-refractivity contribution in [2.45, 2.75) is 212 Å². The molecule has 3 saturated heterocycles. The van der Waals surface area contributed by atoms with E-state index < -0.39 is 121 Å². The molecule has 22 atom stereocenters. The van der Waals surface area contributed by atoms with Crippen LogP contribution in [0.15, 0.2) is 11.6 Å². The largest absolute Gasteiger partial charge is 0.481 e. The van der Waals surface area contributed by atoms with Crippen LogP contribution in [-0.4, -0.2) is 157 Å². The Bertz CT molecular complexity index is 1810. The Morgan fingerprint density at radius 2 is 1.33 bits per heavy atom. The first-order valence-electron chi connectivity index (χ1n) is 23.6. The Balaban J connectivity index is 1.07. The fourth-order valence-electron chi connectivity index (χ4n) is 14.8. The molecule has 3 aliphatic heterocycles. The van der Waals surface area contributed by atoms with Crippen LogP contribution in [0.1, 0.15) is 120 Å². The first-order valence-corrected chi connectivity index (χ1v) is 23.6. The highest BCUT2D eigenvalue weighted by Gasteiger charge is 2.70. The van der Waals surface area contributed by atoms with Gasteiger partial charge in [-0.1, -0.05) is 60.1 Å². The van der Waals surface area contributed by atoms with Crippen LogP contribution in [0.25, 0.3) is 0 Å². The summed E-state index contributed by atoms with van der Waals surface area (Å²) in [5.41, 5.74) is -0.310. The lowest BCUT2D eigenvalue weighted by atomic mass is 9.33. The van der Waals surface area contributed by atoms with Crippen LogP contribution in [0.3, 0.4) is 0 Å². The molecule has 0 amide bonds. The molecular formula is C47H74O17. The normalized spacial score (nSPS) is 53.4. The molecule has 5 aliphatic carbocycles. The van der Waals surface area contributed by atoms with Crippen molar-refractivity contribution >= 4 is 11.9 Å². The second-order valence-corrected chi connectivity index (χ2v) is 23.0. The molecule has 8 rings (SSSR count). The first kappa shape index (κ1) is 48.6. The molecule has 0 spiro atoms. The number of aliphatic hydroxyl groups excluding tert-OH is 7. The monoisotopic (exact) mass is 910 g/mol. The van der Waals surface area contributed by atoms with Gasteiger partial charge in [0.05, 0.1) is 24.2 Å². The number of carbonyl (C=O) groups is 2. The zero-order chi connectivity index (χ0) is 46.9. The summed E-state index contributed by atoms with van der Waals surface area (Å²) >= 11 is 0. The van der Waals surface area contributed by atoms with Gasteiger partial charge < -0.3 is 74.4 Å². The molecule has 7 fully saturated rings. The van der Waals surface area contributed by atoms with E-state index in [0.29, 0.717) is 19.3 Å².